The number of aliphatic hydroxyl groups is 1. The highest BCUT2D eigenvalue weighted by Gasteiger charge is 2.23. The van der Waals surface area contributed by atoms with Gasteiger partial charge < -0.3 is 10.4 Å². The molecule has 4 aromatic rings. The van der Waals surface area contributed by atoms with E-state index >= 15 is 0 Å². The molecule has 6 rings (SSSR count). The van der Waals surface area contributed by atoms with Gasteiger partial charge in [0.1, 0.15) is 10.7 Å². The van der Waals surface area contributed by atoms with Crippen LogP contribution in [-0.2, 0) is 30.1 Å². The van der Waals surface area contributed by atoms with Gasteiger partial charge in [-0.05, 0) is 47.9 Å². The molecule has 16 heteroatoms. The van der Waals surface area contributed by atoms with Gasteiger partial charge in [0.25, 0.3) is 25.8 Å². The van der Waals surface area contributed by atoms with Crippen LogP contribution in [0.25, 0.3) is 27.4 Å². The highest BCUT2D eigenvalue weighted by Crippen LogP contribution is 2.31. The Morgan fingerprint density at radius 2 is 1.39 bits per heavy atom. The molecule has 0 atom stereocenters. The van der Waals surface area contributed by atoms with Crippen LogP contribution in [-0.4, -0.2) is 50.7 Å². The molecule has 0 radical (unpaired) electrons. The number of hydrogen-bond acceptors (Lipinski definition) is 11. The summed E-state index contributed by atoms with van der Waals surface area (Å²) in [4.78, 5) is 29.8. The Bertz CT molecular complexity index is 2860. The van der Waals surface area contributed by atoms with Crippen LogP contribution in [0.1, 0.15) is 5.56 Å². The predicted molar refractivity (Wildman–Crippen MR) is 168 cm³/mol. The molecule has 234 valence electrons. The fraction of sp³-hybridized carbons (Fsp3) is 0.0333. The Morgan fingerprint density at radius 3 is 2.04 bits per heavy atom. The van der Waals surface area contributed by atoms with E-state index in [1.165, 1.54) is 36.4 Å². The molecule has 0 spiro atoms. The van der Waals surface area contributed by atoms with Gasteiger partial charge in [0.05, 0.1) is 37.3 Å². The van der Waals surface area contributed by atoms with Gasteiger partial charge in [-0.15, -0.1) is 0 Å². The van der Waals surface area contributed by atoms with Crippen molar-refractivity contribution in [2.75, 3.05) is 11.6 Å². The van der Waals surface area contributed by atoms with E-state index in [0.717, 1.165) is 36.6 Å². The molecule has 1 aliphatic heterocycles. The molecule has 0 amide bonds. The van der Waals surface area contributed by atoms with E-state index in [-0.39, 0.29) is 54.3 Å². The summed E-state index contributed by atoms with van der Waals surface area (Å²) in [6, 6.07) is 16.4. The van der Waals surface area contributed by atoms with Crippen LogP contribution in [0, 0.1) is 10.4 Å². The molecule has 0 saturated carbocycles. The third-order valence-electron chi connectivity index (χ3n) is 7.36. The summed E-state index contributed by atoms with van der Waals surface area (Å²) in [6.45, 7) is 0. The van der Waals surface area contributed by atoms with Gasteiger partial charge >= 0.3 is 0 Å². The Hall–Kier alpha value is -5.00. The lowest BCUT2D eigenvalue weighted by atomic mass is 9.96. The summed E-state index contributed by atoms with van der Waals surface area (Å²) in [6.07, 6.45) is 0.856. The molecule has 0 fully saturated rings. The van der Waals surface area contributed by atoms with Crippen molar-refractivity contribution in [3.8, 4) is 0 Å². The number of benzene rings is 4. The lowest BCUT2D eigenvalue weighted by molar-refractivity contribution is 0.480. The first kappa shape index (κ1) is 31.0. The number of rotatable bonds is 6. The minimum absolute atomic E-state index is 0.00970. The molecule has 13 nitrogen and oxygen atoms in total. The Morgan fingerprint density at radius 1 is 0.717 bits per heavy atom. The minimum Gasteiger partial charge on any atom is -0.506 e. The fourth-order valence-electron chi connectivity index (χ4n) is 5.34. The maximum Gasteiger partial charge on any atom is 0.296 e. The van der Waals surface area contributed by atoms with Crippen LogP contribution in [0.4, 0.5) is 11.4 Å². The molecule has 46 heavy (non-hydrogen) atoms. The minimum atomic E-state index is -4.99. The average Bonchev–Trinajstić information content (AvgIpc) is 2.98. The Kier molecular flexibility index (Phi) is 7.10. The molecule has 2 aliphatic rings. The Labute approximate surface area is 259 Å². The van der Waals surface area contributed by atoms with Crippen molar-refractivity contribution in [3.05, 3.63) is 121 Å². The number of sulfone groups is 1. The zero-order valence-corrected chi connectivity index (χ0v) is 25.7. The van der Waals surface area contributed by atoms with E-state index in [4.69, 9.17) is 0 Å². The number of nitrogens with zero attached hydrogens (tertiary/aromatic N) is 1. The number of nitrogens with one attached hydrogen (secondary N) is 1. The first-order chi connectivity index (χ1) is 21.5. The summed E-state index contributed by atoms with van der Waals surface area (Å²) in [5.74, 6) is -0.696. The van der Waals surface area contributed by atoms with Gasteiger partial charge in [-0.3, -0.25) is 18.7 Å². The number of aliphatic hydroxyl groups excluding tert-OH is 1. The average molecular weight is 681 g/mol. The standard InChI is InChI=1S/C30H20N2O11S3/c1-44(36,37)16-9-10-20(23(14-16)46(41,42)43)31-22-12-11-21-25-24(18-7-2-3-8-19(18)29(34)26(22)25)27(30(35)32-21)28(33)15-5-4-6-17(13-15)45(38,39)40/h2-14,31,33H,1H3,(H,38,39,40)(H,41,42,43). The molecule has 0 bridgehead atoms. The second-order valence-electron chi connectivity index (χ2n) is 10.3. The summed E-state index contributed by atoms with van der Waals surface area (Å²) in [7, 11) is -13.5. The molecule has 1 aliphatic carbocycles. The second kappa shape index (κ2) is 10.5. The zero-order valence-electron chi connectivity index (χ0n) is 23.3. The van der Waals surface area contributed by atoms with Crippen LogP contribution >= 0.6 is 0 Å². The Balaban J connectivity index is 1.78. The SMILES string of the molecule is CS(=O)(=O)c1ccc(Nc2ccc3nc(=O)c(=C(O)c4cccc(S(=O)(=O)O)c4)c4c5ccccc5c(=O)c2c3=4)c(S(=O)(=O)O)c1. The van der Waals surface area contributed by atoms with Gasteiger partial charge in [0.2, 0.25) is 0 Å². The number of hydrogen-bond donors (Lipinski definition) is 4. The van der Waals surface area contributed by atoms with Crippen LogP contribution in [0.5, 0.6) is 0 Å². The van der Waals surface area contributed by atoms with Gasteiger partial charge in [-0.1, -0.05) is 36.4 Å². The third kappa shape index (κ3) is 5.21. The van der Waals surface area contributed by atoms with Crippen molar-refractivity contribution in [1.29, 1.82) is 0 Å². The highest BCUT2D eigenvalue weighted by atomic mass is 32.2. The summed E-state index contributed by atoms with van der Waals surface area (Å²) < 4.78 is 91.7. The van der Waals surface area contributed by atoms with Crippen LogP contribution in [0.15, 0.2) is 103 Å². The molecule has 1 heterocycles. The van der Waals surface area contributed by atoms with Gasteiger partial charge in [0, 0.05) is 27.6 Å². The van der Waals surface area contributed by atoms with Crippen molar-refractivity contribution in [1.82, 2.24) is 4.98 Å². The first-order valence-corrected chi connectivity index (χ1v) is 17.8. The number of anilines is 2. The number of fused-ring (bicyclic) bond motifs is 2. The third-order valence-corrected chi connectivity index (χ3v) is 10.2. The molecular formula is C30H20N2O11S3. The fourth-order valence-corrected chi connectivity index (χ4v) is 7.26. The van der Waals surface area contributed by atoms with Crippen LogP contribution in [0.2, 0.25) is 0 Å². The molecular weight excluding hydrogens is 661 g/mol. The first-order valence-electron chi connectivity index (χ1n) is 13.0. The van der Waals surface area contributed by atoms with E-state index in [2.05, 4.69) is 10.3 Å². The van der Waals surface area contributed by atoms with Crippen molar-refractivity contribution < 1.29 is 39.5 Å². The van der Waals surface area contributed by atoms with E-state index in [1.807, 2.05) is 0 Å². The molecule has 0 saturated heterocycles. The van der Waals surface area contributed by atoms with Crippen molar-refractivity contribution in [2.24, 2.45) is 0 Å². The van der Waals surface area contributed by atoms with E-state index < -0.39 is 61.5 Å². The van der Waals surface area contributed by atoms with Crippen molar-refractivity contribution >= 4 is 68.9 Å². The number of aromatic nitrogens is 1. The van der Waals surface area contributed by atoms with Crippen LogP contribution in [0.3, 0.4) is 0 Å². The molecule has 4 aromatic carbocycles. The van der Waals surface area contributed by atoms with Gasteiger partial charge in [-0.25, -0.2) is 13.4 Å². The van der Waals surface area contributed by atoms with Crippen molar-refractivity contribution in [2.45, 2.75) is 14.7 Å². The topological polar surface area (TPSA) is 222 Å². The normalized spacial score (nSPS) is 13.4. The molecule has 0 unspecified atom stereocenters. The lowest BCUT2D eigenvalue weighted by Crippen LogP contribution is -2.33. The molecule has 4 N–H and O–H groups in total. The smallest absolute Gasteiger partial charge is 0.296 e. The predicted octanol–water partition coefficient (Wildman–Crippen LogP) is 2.34. The summed E-state index contributed by atoms with van der Waals surface area (Å²) >= 11 is 0. The summed E-state index contributed by atoms with van der Waals surface area (Å²) in [5, 5.41) is 14.2. The highest BCUT2D eigenvalue weighted by molar-refractivity contribution is 7.90. The molecule has 0 aromatic heterocycles. The second-order valence-corrected chi connectivity index (χ2v) is 15.1. The zero-order chi connectivity index (χ0) is 33.3. The van der Waals surface area contributed by atoms with Crippen LogP contribution < -0.4 is 21.5 Å². The maximum atomic E-state index is 14.0. The van der Waals surface area contributed by atoms with Gasteiger partial charge in [0.15, 0.2) is 15.3 Å². The van der Waals surface area contributed by atoms with E-state index in [9.17, 15) is 49.1 Å². The summed E-state index contributed by atoms with van der Waals surface area (Å²) in [5.41, 5.74) is -1.89. The monoisotopic (exact) mass is 680 g/mol. The quantitative estimate of drug-likeness (QED) is 0.186. The maximum absolute atomic E-state index is 14.0. The van der Waals surface area contributed by atoms with Gasteiger partial charge in [-0.2, -0.15) is 16.8 Å². The van der Waals surface area contributed by atoms with E-state index in [0.29, 0.717) is 0 Å². The van der Waals surface area contributed by atoms with E-state index in [1.54, 1.807) is 12.1 Å². The lowest BCUT2D eigenvalue weighted by Gasteiger charge is -2.15. The largest absolute Gasteiger partial charge is 0.506 e. The van der Waals surface area contributed by atoms with Crippen molar-refractivity contribution in [3.63, 3.8) is 0 Å².